The number of likely N-dealkylation sites (tertiary alicyclic amines) is 1. The van der Waals surface area contributed by atoms with Gasteiger partial charge in [0.1, 0.15) is 5.69 Å². The van der Waals surface area contributed by atoms with Crippen LogP contribution in [-0.2, 0) is 18.2 Å². The lowest BCUT2D eigenvalue weighted by Crippen LogP contribution is -2.36. The summed E-state index contributed by atoms with van der Waals surface area (Å²) in [5.41, 5.74) is 0.492. The van der Waals surface area contributed by atoms with Crippen LogP contribution in [0, 0.1) is 11.3 Å². The highest BCUT2D eigenvalue weighted by Crippen LogP contribution is 2.45. The molecule has 132 valence electrons. The van der Waals surface area contributed by atoms with Crippen molar-refractivity contribution in [3.05, 3.63) is 29.7 Å². The van der Waals surface area contributed by atoms with E-state index in [0.717, 1.165) is 18.7 Å². The molecule has 0 radical (unpaired) electrons. The maximum atomic E-state index is 12.8. The highest BCUT2D eigenvalue weighted by molar-refractivity contribution is 5.92. The van der Waals surface area contributed by atoms with E-state index < -0.39 is 0 Å². The minimum atomic E-state index is -0.123. The van der Waals surface area contributed by atoms with Gasteiger partial charge < -0.3 is 14.1 Å². The Hall–Kier alpha value is -2.22. The molecule has 2 aromatic rings. The van der Waals surface area contributed by atoms with Crippen LogP contribution in [0.3, 0.4) is 0 Å². The summed E-state index contributed by atoms with van der Waals surface area (Å²) in [4.78, 5) is 14.7. The van der Waals surface area contributed by atoms with Gasteiger partial charge in [0.15, 0.2) is 0 Å². The number of ether oxygens (including phenoxy) is 1. The third-order valence-electron chi connectivity index (χ3n) is 5.76. The molecular weight excluding hydrogens is 322 g/mol. The molecule has 8 nitrogen and oxygen atoms in total. The lowest BCUT2D eigenvalue weighted by molar-refractivity contribution is 0.0704. The molecule has 3 fully saturated rings. The third kappa shape index (κ3) is 2.47. The number of hydrogen-bond donors (Lipinski definition) is 0. The molecule has 2 aromatic heterocycles. The molecule has 25 heavy (non-hydrogen) atoms. The molecular formula is C17H21N5O3. The van der Waals surface area contributed by atoms with Gasteiger partial charge in [-0.15, -0.1) is 10.2 Å². The summed E-state index contributed by atoms with van der Waals surface area (Å²) in [5.74, 6) is 2.23. The Bertz CT molecular complexity index is 811. The topological polar surface area (TPSA) is 86.3 Å². The third-order valence-corrected chi connectivity index (χ3v) is 5.76. The van der Waals surface area contributed by atoms with E-state index in [0.29, 0.717) is 56.1 Å². The first-order valence-electron chi connectivity index (χ1n) is 8.82. The SMILES string of the molecule is Cn1nccc1C(=O)N1C[C@@H]2COC[C@]2(Cc2nnc(C3CC3)o2)C1. The molecule has 8 heteroatoms. The van der Waals surface area contributed by atoms with Crippen molar-refractivity contribution in [2.75, 3.05) is 26.3 Å². The lowest BCUT2D eigenvalue weighted by Gasteiger charge is -2.25. The maximum Gasteiger partial charge on any atom is 0.272 e. The summed E-state index contributed by atoms with van der Waals surface area (Å²) in [5, 5.41) is 12.5. The van der Waals surface area contributed by atoms with Crippen molar-refractivity contribution >= 4 is 5.91 Å². The fraction of sp³-hybridized carbons (Fsp3) is 0.647. The van der Waals surface area contributed by atoms with E-state index in [2.05, 4.69) is 15.3 Å². The zero-order valence-electron chi connectivity index (χ0n) is 14.2. The van der Waals surface area contributed by atoms with Gasteiger partial charge in [-0.05, 0) is 18.9 Å². The van der Waals surface area contributed by atoms with Gasteiger partial charge in [0.25, 0.3) is 5.91 Å². The second-order valence-corrected chi connectivity index (χ2v) is 7.59. The number of carbonyl (C=O) groups excluding carboxylic acids is 1. The molecule has 1 saturated carbocycles. The van der Waals surface area contributed by atoms with Crippen LogP contribution in [0.2, 0.25) is 0 Å². The molecule has 2 saturated heterocycles. The van der Waals surface area contributed by atoms with Crippen molar-refractivity contribution in [2.45, 2.75) is 25.2 Å². The van der Waals surface area contributed by atoms with E-state index in [1.807, 2.05) is 4.90 Å². The molecule has 1 amide bonds. The molecule has 0 bridgehead atoms. The Labute approximate surface area is 145 Å². The van der Waals surface area contributed by atoms with Crippen LogP contribution in [-0.4, -0.2) is 57.1 Å². The smallest absolute Gasteiger partial charge is 0.272 e. The van der Waals surface area contributed by atoms with E-state index >= 15 is 0 Å². The number of fused-ring (bicyclic) bond motifs is 1. The molecule has 5 rings (SSSR count). The van der Waals surface area contributed by atoms with Crippen LogP contribution >= 0.6 is 0 Å². The number of hydrogen-bond acceptors (Lipinski definition) is 6. The van der Waals surface area contributed by atoms with Gasteiger partial charge in [-0.2, -0.15) is 5.10 Å². The minimum absolute atomic E-state index is 0.0259. The Kier molecular flexibility index (Phi) is 3.25. The molecule has 2 aliphatic heterocycles. The zero-order chi connectivity index (χ0) is 17.0. The predicted molar refractivity (Wildman–Crippen MR) is 85.8 cm³/mol. The quantitative estimate of drug-likeness (QED) is 0.823. The summed E-state index contributed by atoms with van der Waals surface area (Å²) < 4.78 is 13.2. The second kappa shape index (κ2) is 5.39. The number of aryl methyl sites for hydroxylation is 1. The monoisotopic (exact) mass is 343 g/mol. The van der Waals surface area contributed by atoms with E-state index in [9.17, 15) is 4.79 Å². The van der Waals surface area contributed by atoms with E-state index in [1.54, 1.807) is 24.0 Å². The highest BCUT2D eigenvalue weighted by atomic mass is 16.5. The number of nitrogens with zero attached hydrogens (tertiary/aromatic N) is 5. The Morgan fingerprint density at radius 3 is 3.04 bits per heavy atom. The van der Waals surface area contributed by atoms with E-state index in [1.165, 1.54) is 0 Å². The van der Waals surface area contributed by atoms with Crippen LogP contribution in [0.4, 0.5) is 0 Å². The minimum Gasteiger partial charge on any atom is -0.425 e. The summed E-state index contributed by atoms with van der Waals surface area (Å²) in [6.45, 7) is 2.67. The highest BCUT2D eigenvalue weighted by Gasteiger charge is 2.53. The van der Waals surface area contributed by atoms with Crippen molar-refractivity contribution in [2.24, 2.45) is 18.4 Å². The number of amides is 1. The van der Waals surface area contributed by atoms with Gasteiger partial charge in [-0.25, -0.2) is 0 Å². The van der Waals surface area contributed by atoms with Gasteiger partial charge in [-0.3, -0.25) is 9.48 Å². The largest absolute Gasteiger partial charge is 0.425 e. The zero-order valence-corrected chi connectivity index (χ0v) is 14.2. The molecule has 0 spiro atoms. The van der Waals surface area contributed by atoms with Crippen molar-refractivity contribution in [1.82, 2.24) is 24.9 Å². The summed E-state index contributed by atoms with van der Waals surface area (Å²) in [6, 6.07) is 1.76. The van der Waals surface area contributed by atoms with Gasteiger partial charge in [0, 0.05) is 50.0 Å². The normalized spacial score (nSPS) is 28.5. The Balaban J connectivity index is 1.36. The van der Waals surface area contributed by atoms with E-state index in [-0.39, 0.29) is 11.3 Å². The van der Waals surface area contributed by atoms with Gasteiger partial charge in [-0.1, -0.05) is 0 Å². The van der Waals surface area contributed by atoms with Crippen molar-refractivity contribution in [3.8, 4) is 0 Å². The van der Waals surface area contributed by atoms with Crippen LogP contribution in [0.15, 0.2) is 16.7 Å². The van der Waals surface area contributed by atoms with Crippen LogP contribution in [0.25, 0.3) is 0 Å². The fourth-order valence-corrected chi connectivity index (χ4v) is 4.12. The first-order valence-corrected chi connectivity index (χ1v) is 8.82. The molecule has 4 heterocycles. The standard InChI is InChI=1S/C17H21N5O3/c1-21-13(4-5-18-21)16(23)22-7-12-8-24-10-17(12,9-22)6-14-19-20-15(25-14)11-2-3-11/h4-5,11-12H,2-3,6-10H2,1H3/t12-,17+/m1/s1. The summed E-state index contributed by atoms with van der Waals surface area (Å²) in [6.07, 6.45) is 4.62. The summed E-state index contributed by atoms with van der Waals surface area (Å²) >= 11 is 0. The number of aromatic nitrogens is 4. The molecule has 2 atom stereocenters. The Morgan fingerprint density at radius 2 is 2.28 bits per heavy atom. The Morgan fingerprint density at radius 1 is 1.40 bits per heavy atom. The van der Waals surface area contributed by atoms with E-state index in [4.69, 9.17) is 9.15 Å². The average Bonchev–Trinajstić information content (AvgIpc) is 2.93. The molecule has 0 aromatic carbocycles. The van der Waals surface area contributed by atoms with Gasteiger partial charge in [0.05, 0.1) is 13.2 Å². The average molecular weight is 343 g/mol. The molecule has 0 N–H and O–H groups in total. The molecule has 0 unspecified atom stereocenters. The van der Waals surface area contributed by atoms with Gasteiger partial charge in [0.2, 0.25) is 11.8 Å². The second-order valence-electron chi connectivity index (χ2n) is 7.59. The number of rotatable bonds is 4. The number of carbonyl (C=O) groups is 1. The molecule has 1 aliphatic carbocycles. The maximum absolute atomic E-state index is 12.8. The predicted octanol–water partition coefficient (Wildman–Crippen LogP) is 1.01. The van der Waals surface area contributed by atoms with Gasteiger partial charge >= 0.3 is 0 Å². The first kappa shape index (κ1) is 15.1. The van der Waals surface area contributed by atoms with Crippen LogP contribution in [0.1, 0.15) is 41.0 Å². The van der Waals surface area contributed by atoms with Crippen LogP contribution < -0.4 is 0 Å². The van der Waals surface area contributed by atoms with Crippen molar-refractivity contribution in [3.63, 3.8) is 0 Å². The van der Waals surface area contributed by atoms with Crippen molar-refractivity contribution < 1.29 is 13.9 Å². The summed E-state index contributed by atoms with van der Waals surface area (Å²) in [7, 11) is 1.79. The van der Waals surface area contributed by atoms with Crippen molar-refractivity contribution in [1.29, 1.82) is 0 Å². The first-order chi connectivity index (χ1) is 12.1. The van der Waals surface area contributed by atoms with Crippen LogP contribution in [0.5, 0.6) is 0 Å². The lowest BCUT2D eigenvalue weighted by atomic mass is 9.78. The fourth-order valence-electron chi connectivity index (χ4n) is 4.12. The molecule has 3 aliphatic rings.